The van der Waals surface area contributed by atoms with Crippen molar-refractivity contribution in [1.29, 1.82) is 10.5 Å². The number of fused-ring (bicyclic) bond motifs is 1. The van der Waals surface area contributed by atoms with Crippen LogP contribution in [-0.4, -0.2) is 34.6 Å². The number of benzene rings is 1. The standard InChI is InChI=1S/C18H18Cl2N4O2/c19-9-3-7-17(25)23-14-6-2-1-5-13(14)15(11-21)24(16(23)12-22)18(26)8-4-10-20/h1-2,5-6,15-16H,3-4,7-10H2. The normalized spacial score (nSPS) is 18.6. The van der Waals surface area contributed by atoms with Gasteiger partial charge in [-0.05, 0) is 18.9 Å². The summed E-state index contributed by atoms with van der Waals surface area (Å²) in [6.07, 6.45) is -0.0447. The van der Waals surface area contributed by atoms with Gasteiger partial charge in [-0.2, -0.15) is 10.5 Å². The van der Waals surface area contributed by atoms with Crippen molar-refractivity contribution >= 4 is 40.7 Å². The third kappa shape index (κ3) is 3.93. The van der Waals surface area contributed by atoms with Gasteiger partial charge in [0.2, 0.25) is 18.0 Å². The topological polar surface area (TPSA) is 88.2 Å². The van der Waals surface area contributed by atoms with Crippen LogP contribution in [-0.2, 0) is 9.59 Å². The van der Waals surface area contributed by atoms with Crippen LogP contribution in [0, 0.1) is 22.7 Å². The van der Waals surface area contributed by atoms with Crippen LogP contribution in [0.3, 0.4) is 0 Å². The Hall–Kier alpha value is -2.28. The van der Waals surface area contributed by atoms with E-state index in [0.717, 1.165) is 0 Å². The maximum absolute atomic E-state index is 12.7. The number of anilines is 1. The van der Waals surface area contributed by atoms with Gasteiger partial charge in [0.25, 0.3) is 0 Å². The first kappa shape index (κ1) is 20.0. The third-order valence-corrected chi connectivity index (χ3v) is 4.65. The van der Waals surface area contributed by atoms with Gasteiger partial charge >= 0.3 is 0 Å². The largest absolute Gasteiger partial charge is 0.289 e. The molecular weight excluding hydrogens is 375 g/mol. The van der Waals surface area contributed by atoms with E-state index in [-0.39, 0.29) is 24.7 Å². The molecule has 1 aliphatic heterocycles. The Morgan fingerprint density at radius 1 is 1.00 bits per heavy atom. The van der Waals surface area contributed by atoms with Gasteiger partial charge in [0.15, 0.2) is 0 Å². The molecule has 0 aliphatic carbocycles. The summed E-state index contributed by atoms with van der Waals surface area (Å²) >= 11 is 11.3. The zero-order valence-corrected chi connectivity index (χ0v) is 15.6. The molecule has 136 valence electrons. The van der Waals surface area contributed by atoms with E-state index < -0.39 is 12.2 Å². The van der Waals surface area contributed by atoms with E-state index in [1.165, 1.54) is 9.80 Å². The molecule has 0 saturated carbocycles. The Morgan fingerprint density at radius 2 is 1.62 bits per heavy atom. The number of amides is 2. The highest BCUT2D eigenvalue weighted by atomic mass is 35.5. The number of nitrogens with zero attached hydrogens (tertiary/aromatic N) is 4. The second-order valence-electron chi connectivity index (χ2n) is 5.74. The zero-order chi connectivity index (χ0) is 19.1. The highest BCUT2D eigenvalue weighted by Gasteiger charge is 2.43. The summed E-state index contributed by atoms with van der Waals surface area (Å²) in [6, 6.07) is 10.0. The van der Waals surface area contributed by atoms with Gasteiger partial charge in [0, 0.05) is 30.2 Å². The van der Waals surface area contributed by atoms with Crippen LogP contribution in [0.1, 0.15) is 37.3 Å². The number of rotatable bonds is 6. The summed E-state index contributed by atoms with van der Waals surface area (Å²) in [7, 11) is 0. The summed E-state index contributed by atoms with van der Waals surface area (Å²) in [5.74, 6) is -0.0785. The van der Waals surface area contributed by atoms with Gasteiger partial charge in [-0.3, -0.25) is 19.4 Å². The molecule has 1 aromatic rings. The number of para-hydroxylation sites is 1. The van der Waals surface area contributed by atoms with E-state index in [9.17, 15) is 20.1 Å². The van der Waals surface area contributed by atoms with E-state index in [2.05, 4.69) is 6.07 Å². The Kier molecular flexibility index (Phi) is 7.26. The first-order valence-corrected chi connectivity index (χ1v) is 9.30. The molecule has 0 bridgehead atoms. The fourth-order valence-corrected chi connectivity index (χ4v) is 3.24. The molecule has 0 spiro atoms. The molecule has 2 rings (SSSR count). The minimum atomic E-state index is -1.18. The van der Waals surface area contributed by atoms with Crippen molar-refractivity contribution in [2.75, 3.05) is 16.7 Å². The molecule has 0 aromatic heterocycles. The predicted octanol–water partition coefficient (Wildman–Crippen LogP) is 3.31. The van der Waals surface area contributed by atoms with Crippen molar-refractivity contribution in [3.63, 3.8) is 0 Å². The Morgan fingerprint density at radius 3 is 2.19 bits per heavy atom. The smallest absolute Gasteiger partial charge is 0.229 e. The highest BCUT2D eigenvalue weighted by Crippen LogP contribution is 2.39. The van der Waals surface area contributed by atoms with Crippen molar-refractivity contribution in [3.05, 3.63) is 29.8 Å². The van der Waals surface area contributed by atoms with Gasteiger partial charge in [0.1, 0.15) is 12.1 Å². The average molecular weight is 393 g/mol. The highest BCUT2D eigenvalue weighted by molar-refractivity contribution is 6.18. The molecule has 0 fully saturated rings. The predicted molar refractivity (Wildman–Crippen MR) is 98.4 cm³/mol. The van der Waals surface area contributed by atoms with Crippen molar-refractivity contribution < 1.29 is 9.59 Å². The minimum Gasteiger partial charge on any atom is -0.289 e. The molecule has 0 saturated heterocycles. The van der Waals surface area contributed by atoms with Gasteiger partial charge in [0.05, 0.1) is 11.8 Å². The molecule has 0 N–H and O–H groups in total. The van der Waals surface area contributed by atoms with E-state index >= 15 is 0 Å². The van der Waals surface area contributed by atoms with Crippen LogP contribution in [0.25, 0.3) is 0 Å². The van der Waals surface area contributed by atoms with Gasteiger partial charge in [-0.25, -0.2) is 0 Å². The average Bonchev–Trinajstić information content (AvgIpc) is 2.67. The second-order valence-corrected chi connectivity index (χ2v) is 6.50. The zero-order valence-electron chi connectivity index (χ0n) is 14.1. The Bertz CT molecular complexity index is 756. The maximum Gasteiger partial charge on any atom is 0.229 e. The molecule has 2 amide bonds. The molecule has 1 aromatic carbocycles. The van der Waals surface area contributed by atoms with Crippen LogP contribution >= 0.6 is 23.2 Å². The summed E-state index contributed by atoms with van der Waals surface area (Å²) in [6.45, 7) is 0. The molecule has 1 heterocycles. The maximum atomic E-state index is 12.7. The Balaban J connectivity index is 2.53. The van der Waals surface area contributed by atoms with Crippen LogP contribution < -0.4 is 4.90 Å². The fourth-order valence-electron chi connectivity index (χ4n) is 2.97. The number of halogens is 2. The van der Waals surface area contributed by atoms with E-state index in [1.54, 1.807) is 24.3 Å². The quantitative estimate of drug-likeness (QED) is 0.694. The van der Waals surface area contributed by atoms with Crippen LogP contribution in [0.4, 0.5) is 5.69 Å². The SMILES string of the molecule is N#CC1c2ccccc2N(C(=O)CCCCl)C(C#N)N1C(=O)CCCCl. The number of nitriles is 2. The molecule has 26 heavy (non-hydrogen) atoms. The summed E-state index contributed by atoms with van der Waals surface area (Å²) in [5.41, 5.74) is 1.01. The van der Waals surface area contributed by atoms with Gasteiger partial charge in [-0.15, -0.1) is 23.2 Å². The Labute approximate surface area is 162 Å². The molecule has 8 heteroatoms. The molecular formula is C18H18Cl2N4O2. The van der Waals surface area contributed by atoms with Crippen molar-refractivity contribution in [1.82, 2.24) is 4.90 Å². The number of carbonyl (C=O) groups is 2. The number of hydrogen-bond acceptors (Lipinski definition) is 4. The van der Waals surface area contributed by atoms with E-state index in [0.29, 0.717) is 35.9 Å². The van der Waals surface area contributed by atoms with Gasteiger partial charge in [-0.1, -0.05) is 18.2 Å². The number of hydrogen-bond donors (Lipinski definition) is 0. The summed E-state index contributed by atoms with van der Waals surface area (Å²) in [4.78, 5) is 27.9. The molecule has 6 nitrogen and oxygen atoms in total. The second kappa shape index (κ2) is 9.43. The summed E-state index contributed by atoms with van der Waals surface area (Å²) < 4.78 is 0. The molecule has 1 aliphatic rings. The van der Waals surface area contributed by atoms with Crippen molar-refractivity contribution in [2.45, 2.75) is 37.9 Å². The van der Waals surface area contributed by atoms with Crippen LogP contribution in [0.15, 0.2) is 24.3 Å². The lowest BCUT2D eigenvalue weighted by molar-refractivity contribution is -0.135. The lowest BCUT2D eigenvalue weighted by Gasteiger charge is -2.43. The number of alkyl halides is 2. The van der Waals surface area contributed by atoms with Crippen LogP contribution in [0.2, 0.25) is 0 Å². The van der Waals surface area contributed by atoms with Crippen molar-refractivity contribution in [2.24, 2.45) is 0 Å². The lowest BCUT2D eigenvalue weighted by atomic mass is 9.97. The van der Waals surface area contributed by atoms with E-state index in [1.807, 2.05) is 6.07 Å². The first-order chi connectivity index (χ1) is 12.6. The first-order valence-electron chi connectivity index (χ1n) is 8.24. The molecule has 2 unspecified atom stereocenters. The van der Waals surface area contributed by atoms with Crippen LogP contribution in [0.5, 0.6) is 0 Å². The number of carbonyl (C=O) groups excluding carboxylic acids is 2. The minimum absolute atomic E-state index is 0.103. The lowest BCUT2D eigenvalue weighted by Crippen LogP contribution is -2.57. The summed E-state index contributed by atoms with van der Waals surface area (Å²) in [5, 5.41) is 19.4. The fraction of sp³-hybridized carbons (Fsp3) is 0.444. The van der Waals surface area contributed by atoms with E-state index in [4.69, 9.17) is 23.2 Å². The molecule has 0 radical (unpaired) electrons. The van der Waals surface area contributed by atoms with Gasteiger partial charge < -0.3 is 0 Å². The third-order valence-electron chi connectivity index (χ3n) is 4.12. The molecule has 2 atom stereocenters. The van der Waals surface area contributed by atoms with Crippen molar-refractivity contribution in [3.8, 4) is 12.1 Å². The monoisotopic (exact) mass is 392 g/mol.